The number of carbonyl (C=O) groups excluding carboxylic acids is 2. The third-order valence-corrected chi connectivity index (χ3v) is 9.89. The summed E-state index contributed by atoms with van der Waals surface area (Å²) in [7, 11) is 4.19. The molecule has 0 aromatic heterocycles. The van der Waals surface area contributed by atoms with Crippen molar-refractivity contribution in [3.63, 3.8) is 0 Å². The largest absolute Gasteiger partial charge is 0.307 e. The monoisotopic (exact) mass is 430 g/mol. The molecule has 5 aliphatic heterocycles. The van der Waals surface area contributed by atoms with Crippen molar-refractivity contribution in [3.05, 3.63) is 0 Å². The van der Waals surface area contributed by atoms with Crippen LogP contribution in [0.25, 0.3) is 0 Å². The lowest BCUT2D eigenvalue weighted by atomic mass is 9.67. The molecule has 6 heteroatoms. The minimum absolute atomic E-state index is 0.159. The number of piperidine rings is 3. The summed E-state index contributed by atoms with van der Waals surface area (Å²) in [5.41, 5.74) is 0.556. The number of rotatable bonds is 2. The van der Waals surface area contributed by atoms with Crippen molar-refractivity contribution in [2.75, 3.05) is 27.2 Å². The number of likely N-dealkylation sites (tertiary alicyclic amines) is 2. The smallest absolute Gasteiger partial charge is 0.146 e. The van der Waals surface area contributed by atoms with Gasteiger partial charge < -0.3 is 10.6 Å². The van der Waals surface area contributed by atoms with Crippen molar-refractivity contribution in [3.8, 4) is 0 Å². The van der Waals surface area contributed by atoms with Crippen molar-refractivity contribution < 1.29 is 9.59 Å². The molecule has 0 radical (unpaired) electrons. The van der Waals surface area contributed by atoms with E-state index in [2.05, 4.69) is 34.5 Å². The molecule has 5 heterocycles. The summed E-state index contributed by atoms with van der Waals surface area (Å²) < 4.78 is 0. The Bertz CT molecular complexity index is 735. The molecule has 7 rings (SSSR count). The molecule has 174 valence electrons. The maximum atomic E-state index is 11.6. The van der Waals surface area contributed by atoms with Gasteiger partial charge in [-0.3, -0.25) is 19.4 Å². The third kappa shape index (κ3) is 3.71. The fourth-order valence-corrected chi connectivity index (χ4v) is 8.40. The van der Waals surface area contributed by atoms with Crippen LogP contribution in [-0.4, -0.2) is 83.8 Å². The van der Waals surface area contributed by atoms with Gasteiger partial charge in [0.1, 0.15) is 11.6 Å². The van der Waals surface area contributed by atoms with Crippen molar-refractivity contribution in [2.45, 2.75) is 107 Å². The summed E-state index contributed by atoms with van der Waals surface area (Å²) in [6, 6.07) is 1.79. The highest BCUT2D eigenvalue weighted by Gasteiger charge is 2.56. The van der Waals surface area contributed by atoms with Crippen molar-refractivity contribution in [2.24, 2.45) is 11.8 Å². The van der Waals surface area contributed by atoms with Crippen LogP contribution in [0.5, 0.6) is 0 Å². The first-order chi connectivity index (χ1) is 14.7. The number of ketones is 2. The number of Topliss-reactive ketones (excluding diaryl/α,β-unsaturated/α-hetero) is 2. The van der Waals surface area contributed by atoms with Crippen LogP contribution in [-0.2, 0) is 9.59 Å². The second kappa shape index (κ2) is 7.89. The van der Waals surface area contributed by atoms with Crippen LogP contribution >= 0.6 is 0 Å². The van der Waals surface area contributed by atoms with E-state index in [1.165, 1.54) is 44.9 Å². The fourth-order valence-electron chi connectivity index (χ4n) is 8.40. The molecule has 31 heavy (non-hydrogen) atoms. The first-order valence-electron chi connectivity index (χ1n) is 12.7. The predicted octanol–water partition coefficient (Wildman–Crippen LogP) is 1.97. The zero-order valence-corrected chi connectivity index (χ0v) is 20.0. The highest BCUT2D eigenvalue weighted by atomic mass is 16.1. The van der Waals surface area contributed by atoms with Crippen LogP contribution in [0.15, 0.2) is 0 Å². The maximum absolute atomic E-state index is 11.6. The topological polar surface area (TPSA) is 64.7 Å². The van der Waals surface area contributed by atoms with Crippen LogP contribution in [0.3, 0.4) is 0 Å². The Kier molecular flexibility index (Phi) is 5.60. The van der Waals surface area contributed by atoms with Crippen LogP contribution < -0.4 is 10.6 Å². The van der Waals surface area contributed by atoms with Gasteiger partial charge >= 0.3 is 0 Å². The second-order valence-corrected chi connectivity index (χ2v) is 11.8. The number of nitrogens with one attached hydrogen (secondary N) is 2. The van der Waals surface area contributed by atoms with Crippen molar-refractivity contribution in [1.82, 2.24) is 20.4 Å². The number of hydrogen-bond donors (Lipinski definition) is 2. The highest BCUT2D eigenvalue weighted by molar-refractivity contribution is 5.82. The summed E-state index contributed by atoms with van der Waals surface area (Å²) in [5.74, 6) is 2.31. The van der Waals surface area contributed by atoms with E-state index in [-0.39, 0.29) is 23.2 Å². The molecule has 2 N–H and O–H groups in total. The van der Waals surface area contributed by atoms with E-state index >= 15 is 0 Å². The van der Waals surface area contributed by atoms with Crippen LogP contribution in [0.2, 0.25) is 0 Å². The molecule has 7 aliphatic rings. The van der Waals surface area contributed by atoms with Gasteiger partial charge in [-0.15, -0.1) is 0 Å². The highest BCUT2D eigenvalue weighted by Crippen LogP contribution is 2.48. The van der Waals surface area contributed by atoms with E-state index in [4.69, 9.17) is 0 Å². The average molecular weight is 431 g/mol. The van der Waals surface area contributed by atoms with Gasteiger partial charge in [-0.2, -0.15) is 0 Å². The van der Waals surface area contributed by atoms with E-state index in [0.717, 1.165) is 49.9 Å². The molecule has 4 bridgehead atoms. The van der Waals surface area contributed by atoms with Gasteiger partial charge in [-0.1, -0.05) is 0 Å². The van der Waals surface area contributed by atoms with Crippen LogP contribution in [0, 0.1) is 11.8 Å². The number of nitrogens with zero attached hydrogens (tertiary/aromatic N) is 2. The lowest BCUT2D eigenvalue weighted by Crippen LogP contribution is -2.63. The molecule has 5 saturated heterocycles. The van der Waals surface area contributed by atoms with Gasteiger partial charge in [-0.05, 0) is 97.6 Å². The summed E-state index contributed by atoms with van der Waals surface area (Å²) in [4.78, 5) is 27.7. The maximum Gasteiger partial charge on any atom is 0.146 e. The van der Waals surface area contributed by atoms with Gasteiger partial charge in [0.25, 0.3) is 0 Å². The SMILES string of the molecule is CC(=O)C1CC2(CN1C)NC1CCC2C1.CC(=O)C1CC2(CN1C)NC1CCC2CC1. The molecule has 7 fully saturated rings. The summed E-state index contributed by atoms with van der Waals surface area (Å²) in [6.45, 7) is 5.60. The molecule has 2 saturated carbocycles. The quantitative estimate of drug-likeness (QED) is 0.698. The molecule has 6 atom stereocenters. The fraction of sp³-hybridized carbons (Fsp3) is 0.920. The predicted molar refractivity (Wildman–Crippen MR) is 122 cm³/mol. The van der Waals surface area contributed by atoms with E-state index in [9.17, 15) is 9.59 Å². The minimum Gasteiger partial charge on any atom is -0.307 e. The van der Waals surface area contributed by atoms with E-state index in [1.54, 1.807) is 13.8 Å². The number of hydrogen-bond acceptors (Lipinski definition) is 6. The normalized spacial score (nSPS) is 48.5. The Morgan fingerprint density at radius 3 is 1.52 bits per heavy atom. The van der Waals surface area contributed by atoms with E-state index in [1.807, 2.05) is 0 Å². The Labute approximate surface area is 187 Å². The second-order valence-electron chi connectivity index (χ2n) is 11.8. The zero-order valence-electron chi connectivity index (χ0n) is 20.0. The van der Waals surface area contributed by atoms with Crippen molar-refractivity contribution >= 4 is 11.6 Å². The number of fused-ring (bicyclic) bond motifs is 5. The molecular weight excluding hydrogens is 388 g/mol. The first-order valence-corrected chi connectivity index (χ1v) is 12.7. The molecule has 2 aliphatic carbocycles. The third-order valence-electron chi connectivity index (χ3n) is 9.89. The Morgan fingerprint density at radius 1 is 0.710 bits per heavy atom. The molecule has 2 spiro atoms. The summed E-state index contributed by atoms with van der Waals surface area (Å²) in [5, 5.41) is 7.64. The molecular formula is C25H42N4O2. The van der Waals surface area contributed by atoms with Gasteiger partial charge in [0.2, 0.25) is 0 Å². The Morgan fingerprint density at radius 2 is 1.16 bits per heavy atom. The lowest BCUT2D eigenvalue weighted by molar-refractivity contribution is -0.121. The van der Waals surface area contributed by atoms with Gasteiger partial charge in [-0.25, -0.2) is 0 Å². The molecule has 6 nitrogen and oxygen atoms in total. The van der Waals surface area contributed by atoms with Gasteiger partial charge in [0, 0.05) is 36.3 Å². The summed E-state index contributed by atoms with van der Waals surface area (Å²) >= 11 is 0. The molecule has 0 aromatic carbocycles. The van der Waals surface area contributed by atoms with Crippen molar-refractivity contribution in [1.29, 1.82) is 0 Å². The Hall–Kier alpha value is -0.820. The zero-order chi connectivity index (χ0) is 22.0. The van der Waals surface area contributed by atoms with Crippen LogP contribution in [0.4, 0.5) is 0 Å². The number of carbonyl (C=O) groups is 2. The number of likely N-dealkylation sites (N-methyl/N-ethyl adjacent to an activating group) is 2. The first kappa shape index (κ1) is 22.0. The lowest BCUT2D eigenvalue weighted by Gasteiger charge is -2.51. The molecule has 0 aromatic rings. The van der Waals surface area contributed by atoms with E-state index < -0.39 is 0 Å². The average Bonchev–Trinajstić information content (AvgIpc) is 3.47. The van der Waals surface area contributed by atoms with Gasteiger partial charge in [0.15, 0.2) is 0 Å². The molecule has 6 unspecified atom stereocenters. The van der Waals surface area contributed by atoms with E-state index in [0.29, 0.717) is 11.6 Å². The Balaban J connectivity index is 0.000000132. The minimum atomic E-state index is 0.159. The molecule has 0 amide bonds. The van der Waals surface area contributed by atoms with Crippen LogP contribution in [0.1, 0.15) is 71.6 Å². The standard InChI is InChI=1S/C13H22N2O.C12H20N2O/c1-9(16)12-7-13(8-15(12)2)10-3-5-11(14-13)6-4-10;1-8(15)11-6-12(7-14(11)2)9-3-4-10(5-9)13-12/h10-12,14H,3-8H2,1-2H3;9-11,13H,3-7H2,1-2H3. The van der Waals surface area contributed by atoms with Gasteiger partial charge in [0.05, 0.1) is 12.1 Å². The summed E-state index contributed by atoms with van der Waals surface area (Å²) in [6.07, 6.45) is 11.6.